The van der Waals surface area contributed by atoms with E-state index in [9.17, 15) is 0 Å². The summed E-state index contributed by atoms with van der Waals surface area (Å²) in [5.41, 5.74) is 0.857. The van der Waals surface area contributed by atoms with E-state index in [1.165, 1.54) is 9.75 Å². The molecular formula is C15H14ClN3S. The Kier molecular flexibility index (Phi) is 3.85. The fourth-order valence-corrected chi connectivity index (χ4v) is 3.13. The largest absolute Gasteiger partial charge is 0.365 e. The van der Waals surface area contributed by atoms with Crippen LogP contribution in [0.2, 0.25) is 5.28 Å². The average molecular weight is 304 g/mol. The lowest BCUT2D eigenvalue weighted by atomic mass is 10.2. The first kappa shape index (κ1) is 13.3. The number of fused-ring (bicyclic) bond motifs is 1. The lowest BCUT2D eigenvalue weighted by molar-refractivity contribution is 1.13. The number of hydrogen-bond donors (Lipinski definition) is 1. The minimum atomic E-state index is 0.270. The molecule has 0 saturated heterocycles. The fraction of sp³-hybridized carbons (Fsp3) is 0.200. The molecule has 0 aliphatic heterocycles. The minimum absolute atomic E-state index is 0.270. The molecule has 0 aliphatic carbocycles. The molecule has 3 rings (SSSR count). The molecule has 0 fully saturated rings. The maximum absolute atomic E-state index is 5.97. The van der Waals surface area contributed by atoms with Gasteiger partial charge in [-0.05, 0) is 42.3 Å². The second kappa shape index (κ2) is 5.77. The third kappa shape index (κ3) is 2.76. The van der Waals surface area contributed by atoms with Crippen LogP contribution in [-0.4, -0.2) is 9.97 Å². The monoisotopic (exact) mass is 303 g/mol. The van der Waals surface area contributed by atoms with Crippen molar-refractivity contribution in [2.45, 2.75) is 19.9 Å². The molecule has 3 aromatic rings. The summed E-state index contributed by atoms with van der Waals surface area (Å²) >= 11 is 7.80. The minimum Gasteiger partial charge on any atom is -0.365 e. The van der Waals surface area contributed by atoms with Gasteiger partial charge in [-0.15, -0.1) is 11.3 Å². The van der Waals surface area contributed by atoms with Crippen molar-refractivity contribution in [3.8, 4) is 0 Å². The van der Waals surface area contributed by atoms with E-state index in [0.29, 0.717) is 0 Å². The van der Waals surface area contributed by atoms with Gasteiger partial charge in [-0.1, -0.05) is 19.1 Å². The Morgan fingerprint density at radius 3 is 2.70 bits per heavy atom. The number of aryl methyl sites for hydroxylation is 1. The van der Waals surface area contributed by atoms with Crippen molar-refractivity contribution in [3.05, 3.63) is 51.4 Å². The number of nitrogens with one attached hydrogen (secondary N) is 1. The average Bonchev–Trinajstić information content (AvgIpc) is 2.92. The van der Waals surface area contributed by atoms with Gasteiger partial charge in [-0.25, -0.2) is 9.97 Å². The number of hydrogen-bond acceptors (Lipinski definition) is 4. The van der Waals surface area contributed by atoms with Crippen molar-refractivity contribution >= 4 is 39.7 Å². The number of nitrogens with zero attached hydrogens (tertiary/aromatic N) is 2. The van der Waals surface area contributed by atoms with Crippen molar-refractivity contribution in [1.29, 1.82) is 0 Å². The van der Waals surface area contributed by atoms with Crippen LogP contribution in [0.5, 0.6) is 0 Å². The number of thiophene rings is 1. The molecule has 0 amide bonds. The van der Waals surface area contributed by atoms with Crippen LogP contribution in [-0.2, 0) is 13.0 Å². The number of aromatic nitrogens is 2. The Balaban J connectivity index is 1.86. The van der Waals surface area contributed by atoms with Crippen LogP contribution >= 0.6 is 22.9 Å². The molecule has 0 spiro atoms. The van der Waals surface area contributed by atoms with Crippen LogP contribution < -0.4 is 5.32 Å². The zero-order chi connectivity index (χ0) is 13.9. The second-order valence-corrected chi connectivity index (χ2v) is 6.02. The predicted octanol–water partition coefficient (Wildman–Crippen LogP) is 4.52. The van der Waals surface area contributed by atoms with Crippen LogP contribution in [0.25, 0.3) is 10.9 Å². The fourth-order valence-electron chi connectivity index (χ4n) is 2.06. The number of halogens is 1. The number of para-hydroxylation sites is 1. The molecule has 0 unspecified atom stereocenters. The molecule has 3 nitrogen and oxygen atoms in total. The van der Waals surface area contributed by atoms with Gasteiger partial charge in [0.2, 0.25) is 5.28 Å². The van der Waals surface area contributed by atoms with E-state index in [2.05, 4.69) is 34.3 Å². The third-order valence-electron chi connectivity index (χ3n) is 3.07. The number of benzene rings is 1. The molecule has 2 aromatic heterocycles. The van der Waals surface area contributed by atoms with Gasteiger partial charge in [0.25, 0.3) is 0 Å². The number of rotatable bonds is 4. The van der Waals surface area contributed by atoms with Gasteiger partial charge >= 0.3 is 0 Å². The molecule has 5 heteroatoms. The highest BCUT2D eigenvalue weighted by Crippen LogP contribution is 2.23. The van der Waals surface area contributed by atoms with Gasteiger partial charge in [0.15, 0.2) is 0 Å². The van der Waals surface area contributed by atoms with E-state index in [1.807, 2.05) is 35.6 Å². The molecule has 0 bridgehead atoms. The van der Waals surface area contributed by atoms with Gasteiger partial charge < -0.3 is 5.32 Å². The molecular weight excluding hydrogens is 290 g/mol. The standard InChI is InChI=1S/C15H14ClN3S/c1-2-10-7-8-11(20-10)9-17-14-12-5-3-4-6-13(12)18-15(16)19-14/h3-8H,2,9H2,1H3,(H,17,18,19). The summed E-state index contributed by atoms with van der Waals surface area (Å²) in [6.07, 6.45) is 1.08. The normalized spacial score (nSPS) is 10.9. The predicted molar refractivity (Wildman–Crippen MR) is 85.6 cm³/mol. The molecule has 0 saturated carbocycles. The summed E-state index contributed by atoms with van der Waals surface area (Å²) in [6.45, 7) is 2.92. The highest BCUT2D eigenvalue weighted by molar-refractivity contribution is 7.12. The second-order valence-electron chi connectivity index (χ2n) is 4.43. The van der Waals surface area contributed by atoms with Crippen LogP contribution in [0.15, 0.2) is 36.4 Å². The summed E-state index contributed by atoms with van der Waals surface area (Å²) in [7, 11) is 0. The first-order valence-corrected chi connectivity index (χ1v) is 7.69. The summed E-state index contributed by atoms with van der Waals surface area (Å²) in [6, 6.07) is 12.2. The van der Waals surface area contributed by atoms with Crippen molar-refractivity contribution in [1.82, 2.24) is 9.97 Å². The Bertz CT molecular complexity index is 739. The summed E-state index contributed by atoms with van der Waals surface area (Å²) in [4.78, 5) is 11.2. The van der Waals surface area contributed by atoms with Crippen LogP contribution in [0, 0.1) is 0 Å². The number of anilines is 1. The van der Waals surface area contributed by atoms with Gasteiger partial charge in [0, 0.05) is 15.1 Å². The van der Waals surface area contributed by atoms with E-state index in [1.54, 1.807) is 0 Å². The summed E-state index contributed by atoms with van der Waals surface area (Å²) in [5.74, 6) is 0.784. The van der Waals surface area contributed by atoms with Crippen LogP contribution in [0.1, 0.15) is 16.7 Å². The van der Waals surface area contributed by atoms with E-state index in [0.717, 1.165) is 29.7 Å². The maximum Gasteiger partial charge on any atom is 0.224 e. The lowest BCUT2D eigenvalue weighted by Crippen LogP contribution is -2.01. The molecule has 102 valence electrons. The molecule has 1 N–H and O–H groups in total. The maximum atomic E-state index is 5.97. The first-order chi connectivity index (χ1) is 9.76. The van der Waals surface area contributed by atoms with Gasteiger partial charge in [-0.3, -0.25) is 0 Å². The summed E-state index contributed by atoms with van der Waals surface area (Å²) < 4.78 is 0. The van der Waals surface area contributed by atoms with E-state index >= 15 is 0 Å². The lowest BCUT2D eigenvalue weighted by Gasteiger charge is -2.07. The van der Waals surface area contributed by atoms with Crippen LogP contribution in [0.3, 0.4) is 0 Å². The Hall–Kier alpha value is -1.65. The topological polar surface area (TPSA) is 37.8 Å². The van der Waals surface area contributed by atoms with E-state index < -0.39 is 0 Å². The molecule has 0 aliphatic rings. The van der Waals surface area contributed by atoms with Crippen molar-refractivity contribution in [2.24, 2.45) is 0 Å². The quantitative estimate of drug-likeness (QED) is 0.720. The molecule has 0 atom stereocenters. The highest BCUT2D eigenvalue weighted by atomic mass is 35.5. The first-order valence-electron chi connectivity index (χ1n) is 6.50. The zero-order valence-corrected chi connectivity index (χ0v) is 12.6. The van der Waals surface area contributed by atoms with Gasteiger partial charge in [0.05, 0.1) is 12.1 Å². The summed E-state index contributed by atoms with van der Waals surface area (Å²) in [5, 5.41) is 4.62. The van der Waals surface area contributed by atoms with Crippen LogP contribution in [0.4, 0.5) is 5.82 Å². The molecule has 20 heavy (non-hydrogen) atoms. The Labute approximate surface area is 126 Å². The molecule has 0 radical (unpaired) electrons. The molecule has 2 heterocycles. The van der Waals surface area contributed by atoms with Gasteiger partial charge in [0.1, 0.15) is 5.82 Å². The Morgan fingerprint density at radius 2 is 1.90 bits per heavy atom. The van der Waals surface area contributed by atoms with E-state index in [4.69, 9.17) is 11.6 Å². The Morgan fingerprint density at radius 1 is 1.10 bits per heavy atom. The van der Waals surface area contributed by atoms with Crippen molar-refractivity contribution in [2.75, 3.05) is 5.32 Å². The van der Waals surface area contributed by atoms with E-state index in [-0.39, 0.29) is 5.28 Å². The highest BCUT2D eigenvalue weighted by Gasteiger charge is 2.06. The van der Waals surface area contributed by atoms with Gasteiger partial charge in [-0.2, -0.15) is 0 Å². The molecule has 1 aromatic carbocycles. The smallest absolute Gasteiger partial charge is 0.224 e. The van der Waals surface area contributed by atoms with Crippen molar-refractivity contribution < 1.29 is 0 Å². The van der Waals surface area contributed by atoms with Crippen molar-refractivity contribution in [3.63, 3.8) is 0 Å². The third-order valence-corrected chi connectivity index (χ3v) is 4.47. The zero-order valence-electron chi connectivity index (χ0n) is 11.1. The SMILES string of the molecule is CCc1ccc(CNc2nc(Cl)nc3ccccc23)s1.